The summed E-state index contributed by atoms with van der Waals surface area (Å²) in [7, 11) is -4.17. The van der Waals surface area contributed by atoms with E-state index in [1.807, 2.05) is 4.72 Å². The maximum Gasteiger partial charge on any atom is 0.237 e. The number of pyridine rings is 1. The van der Waals surface area contributed by atoms with Gasteiger partial charge in [-0.1, -0.05) is 30.3 Å². The number of sulfonamides is 1. The van der Waals surface area contributed by atoms with Gasteiger partial charge < -0.3 is 15.4 Å². The van der Waals surface area contributed by atoms with Crippen LogP contribution in [0.3, 0.4) is 0 Å². The number of ether oxygens (including phenoxy) is 1. The summed E-state index contributed by atoms with van der Waals surface area (Å²) in [6, 6.07) is 13.5. The van der Waals surface area contributed by atoms with Gasteiger partial charge in [0.1, 0.15) is 0 Å². The second-order valence-electron chi connectivity index (χ2n) is 9.12. The van der Waals surface area contributed by atoms with Gasteiger partial charge in [-0.15, -0.1) is 0 Å². The highest BCUT2D eigenvalue weighted by atomic mass is 32.2. The third-order valence-corrected chi connectivity index (χ3v) is 7.36. The van der Waals surface area contributed by atoms with E-state index in [1.165, 1.54) is 12.4 Å². The molecule has 1 aliphatic rings. The Kier molecular flexibility index (Phi) is 8.12. The Labute approximate surface area is 228 Å². The highest BCUT2D eigenvalue weighted by Gasteiger charge is 2.25. The maximum absolute atomic E-state index is 15.0. The van der Waals surface area contributed by atoms with Crippen molar-refractivity contribution in [2.75, 3.05) is 23.1 Å². The molecule has 9 nitrogen and oxygen atoms in total. The molecule has 2 aromatic carbocycles. The Morgan fingerprint density at radius 1 is 1.00 bits per heavy atom. The highest BCUT2D eigenvalue weighted by Crippen LogP contribution is 2.36. The first-order chi connectivity index (χ1) is 19.3. The van der Waals surface area contributed by atoms with Crippen LogP contribution in [0.1, 0.15) is 18.4 Å². The average molecular weight is 571 g/mol. The number of nitrogens with one attached hydrogen (secondary N) is 3. The monoisotopic (exact) mass is 570 g/mol. The number of piperidine rings is 1. The molecule has 40 heavy (non-hydrogen) atoms. The van der Waals surface area contributed by atoms with Crippen LogP contribution in [-0.2, 0) is 15.8 Å². The number of benzene rings is 2. The van der Waals surface area contributed by atoms with Gasteiger partial charge in [0.15, 0.2) is 11.6 Å². The van der Waals surface area contributed by atoms with Crippen LogP contribution in [-0.4, -0.2) is 42.5 Å². The summed E-state index contributed by atoms with van der Waals surface area (Å²) in [5, 5.41) is 6.55. The largest absolute Gasteiger partial charge is 0.432 e. The van der Waals surface area contributed by atoms with Gasteiger partial charge in [0.2, 0.25) is 33.4 Å². The first kappa shape index (κ1) is 27.3. The van der Waals surface area contributed by atoms with E-state index in [2.05, 4.69) is 25.6 Å². The normalized spacial score (nSPS) is 15.4. The van der Waals surface area contributed by atoms with Gasteiger partial charge in [-0.2, -0.15) is 4.39 Å². The number of halogens is 3. The van der Waals surface area contributed by atoms with Crippen LogP contribution in [0, 0.1) is 17.5 Å². The third kappa shape index (κ3) is 6.49. The smallest absolute Gasteiger partial charge is 0.237 e. The standard InChI is InChI=1S/C27H25F3N6O3S/c28-20-14-22(36-40(37,38)16-17-6-2-1-3-7-17)23(29)24(30)25(20)39-26-19(9-5-12-32-26)21-10-13-33-27(35-21)34-18-8-4-11-31-15-18/h1-3,5-7,9-10,12-14,18,31,36H,4,8,11,15-16H2,(H,33,34,35). The minimum atomic E-state index is -4.17. The molecule has 2 aromatic heterocycles. The fourth-order valence-corrected chi connectivity index (χ4v) is 5.43. The van der Waals surface area contributed by atoms with Gasteiger partial charge in [-0.05, 0) is 43.1 Å². The summed E-state index contributed by atoms with van der Waals surface area (Å²) in [4.78, 5) is 12.8. The molecule has 13 heteroatoms. The molecule has 1 unspecified atom stereocenters. The summed E-state index contributed by atoms with van der Waals surface area (Å²) >= 11 is 0. The van der Waals surface area contributed by atoms with Crippen LogP contribution in [0.15, 0.2) is 67.0 Å². The summed E-state index contributed by atoms with van der Waals surface area (Å²) in [6.45, 7) is 1.71. The van der Waals surface area contributed by atoms with Crippen LogP contribution in [0.2, 0.25) is 0 Å². The quantitative estimate of drug-likeness (QED) is 0.245. The van der Waals surface area contributed by atoms with E-state index in [9.17, 15) is 12.8 Å². The molecule has 1 atom stereocenters. The van der Waals surface area contributed by atoms with E-state index < -0.39 is 44.7 Å². The highest BCUT2D eigenvalue weighted by molar-refractivity contribution is 7.91. The number of rotatable bonds is 9. The lowest BCUT2D eigenvalue weighted by molar-refractivity contribution is 0.379. The van der Waals surface area contributed by atoms with E-state index in [-0.39, 0.29) is 17.5 Å². The molecule has 1 saturated heterocycles. The van der Waals surface area contributed by atoms with Crippen LogP contribution in [0.25, 0.3) is 11.3 Å². The molecule has 208 valence electrons. The molecular weight excluding hydrogens is 545 g/mol. The van der Waals surface area contributed by atoms with Crippen LogP contribution < -0.4 is 20.1 Å². The zero-order chi connectivity index (χ0) is 28.1. The SMILES string of the molecule is O=S(=O)(Cc1ccccc1)Nc1cc(F)c(Oc2ncccc2-c2ccnc(NC3CCCNC3)n2)c(F)c1F. The maximum atomic E-state index is 15.0. The Balaban J connectivity index is 1.39. The molecule has 4 aromatic rings. The number of hydrogen-bond donors (Lipinski definition) is 3. The molecule has 0 spiro atoms. The molecule has 5 rings (SSSR count). The minimum absolute atomic E-state index is 0.142. The van der Waals surface area contributed by atoms with Crippen LogP contribution in [0.5, 0.6) is 11.6 Å². The second-order valence-corrected chi connectivity index (χ2v) is 10.8. The van der Waals surface area contributed by atoms with Gasteiger partial charge in [-0.25, -0.2) is 32.2 Å². The van der Waals surface area contributed by atoms with Crippen molar-refractivity contribution in [3.63, 3.8) is 0 Å². The fraction of sp³-hybridized carbons (Fsp3) is 0.222. The molecule has 0 saturated carbocycles. The number of anilines is 2. The molecule has 0 bridgehead atoms. The Bertz CT molecular complexity index is 1600. The van der Waals surface area contributed by atoms with Gasteiger partial charge in [0, 0.05) is 31.0 Å². The number of aromatic nitrogens is 3. The van der Waals surface area contributed by atoms with Gasteiger partial charge in [-0.3, -0.25) is 4.72 Å². The predicted octanol–water partition coefficient (Wildman–Crippen LogP) is 4.85. The van der Waals surface area contributed by atoms with E-state index in [0.717, 1.165) is 25.9 Å². The molecule has 3 N–H and O–H groups in total. The molecule has 1 aliphatic heterocycles. The van der Waals surface area contributed by atoms with Gasteiger partial charge >= 0.3 is 0 Å². The summed E-state index contributed by atoms with van der Waals surface area (Å²) < 4.78 is 77.2. The number of nitrogens with zero attached hydrogens (tertiary/aromatic N) is 3. The molecule has 1 fully saturated rings. The van der Waals surface area contributed by atoms with Crippen molar-refractivity contribution in [3.8, 4) is 22.9 Å². The zero-order valence-electron chi connectivity index (χ0n) is 21.1. The second kappa shape index (κ2) is 11.9. The molecular formula is C27H25F3N6O3S. The third-order valence-electron chi connectivity index (χ3n) is 6.11. The molecule has 3 heterocycles. The molecule has 0 radical (unpaired) electrons. The lowest BCUT2D eigenvalue weighted by Crippen LogP contribution is -2.38. The van der Waals surface area contributed by atoms with Crippen molar-refractivity contribution in [1.82, 2.24) is 20.3 Å². The average Bonchev–Trinajstić information content (AvgIpc) is 2.95. The predicted molar refractivity (Wildman–Crippen MR) is 144 cm³/mol. The van der Waals surface area contributed by atoms with Crippen LogP contribution in [0.4, 0.5) is 24.8 Å². The first-order valence-corrected chi connectivity index (χ1v) is 14.1. The zero-order valence-corrected chi connectivity index (χ0v) is 21.9. The molecule has 0 aliphatic carbocycles. The Hall–Kier alpha value is -4.23. The van der Waals surface area contributed by atoms with E-state index in [4.69, 9.17) is 4.74 Å². The van der Waals surface area contributed by atoms with Crippen molar-refractivity contribution < 1.29 is 26.3 Å². The van der Waals surface area contributed by atoms with Crippen molar-refractivity contribution in [2.45, 2.75) is 24.6 Å². The topological polar surface area (TPSA) is 118 Å². The van der Waals surface area contributed by atoms with Crippen molar-refractivity contribution in [3.05, 3.63) is 90.0 Å². The Morgan fingerprint density at radius 3 is 2.60 bits per heavy atom. The lowest BCUT2D eigenvalue weighted by atomic mass is 10.1. The minimum Gasteiger partial charge on any atom is -0.432 e. The van der Waals surface area contributed by atoms with E-state index in [0.29, 0.717) is 23.3 Å². The number of hydrogen-bond acceptors (Lipinski definition) is 8. The van der Waals surface area contributed by atoms with Crippen molar-refractivity contribution in [2.24, 2.45) is 0 Å². The summed E-state index contributed by atoms with van der Waals surface area (Å²) in [6.07, 6.45) is 4.82. The Morgan fingerprint density at radius 2 is 1.82 bits per heavy atom. The lowest BCUT2D eigenvalue weighted by Gasteiger charge is -2.23. The first-order valence-electron chi connectivity index (χ1n) is 12.4. The summed E-state index contributed by atoms with van der Waals surface area (Å²) in [5.74, 6) is -6.15. The van der Waals surface area contributed by atoms with Crippen molar-refractivity contribution >= 4 is 21.7 Å². The fourth-order valence-electron chi connectivity index (χ4n) is 4.24. The van der Waals surface area contributed by atoms with E-state index >= 15 is 8.78 Å². The molecule has 0 amide bonds. The van der Waals surface area contributed by atoms with Crippen molar-refractivity contribution in [1.29, 1.82) is 0 Å². The van der Waals surface area contributed by atoms with E-state index in [1.54, 1.807) is 48.5 Å². The van der Waals surface area contributed by atoms with Crippen LogP contribution >= 0.6 is 0 Å². The summed E-state index contributed by atoms with van der Waals surface area (Å²) in [5.41, 5.74) is 0.165. The van der Waals surface area contributed by atoms with Gasteiger partial charge in [0.05, 0.1) is 22.7 Å². The van der Waals surface area contributed by atoms with Gasteiger partial charge in [0.25, 0.3) is 0 Å².